The van der Waals surface area contributed by atoms with Crippen LogP contribution in [0.3, 0.4) is 0 Å². The highest BCUT2D eigenvalue weighted by Gasteiger charge is 2.23. The first-order valence-corrected chi connectivity index (χ1v) is 4.88. The van der Waals surface area contributed by atoms with Gasteiger partial charge in [0.05, 0.1) is 7.11 Å². The molecule has 2 amide bonds. The molecular formula is C10H18N2O4. The molecular weight excluding hydrogens is 212 g/mol. The van der Waals surface area contributed by atoms with Gasteiger partial charge in [-0.15, -0.1) is 0 Å². The number of carbonyl (C=O) groups excluding carboxylic acids is 3. The lowest BCUT2D eigenvalue weighted by atomic mass is 10.1. The van der Waals surface area contributed by atoms with Crippen molar-refractivity contribution in [3.05, 3.63) is 0 Å². The maximum atomic E-state index is 11.3. The van der Waals surface area contributed by atoms with Gasteiger partial charge in [0.1, 0.15) is 6.04 Å². The van der Waals surface area contributed by atoms with Crippen LogP contribution in [0.15, 0.2) is 0 Å². The van der Waals surface area contributed by atoms with Gasteiger partial charge < -0.3 is 15.4 Å². The SMILES string of the molecule is COC(=O)[C@H](C)NC(=O)C(=O)NC(C)(C)C. The van der Waals surface area contributed by atoms with Crippen molar-refractivity contribution in [2.24, 2.45) is 0 Å². The second-order valence-corrected chi connectivity index (χ2v) is 4.42. The van der Waals surface area contributed by atoms with E-state index in [0.29, 0.717) is 0 Å². The Morgan fingerprint density at radius 1 is 1.12 bits per heavy atom. The fraction of sp³-hybridized carbons (Fsp3) is 0.700. The summed E-state index contributed by atoms with van der Waals surface area (Å²) >= 11 is 0. The van der Waals surface area contributed by atoms with Crippen LogP contribution >= 0.6 is 0 Å². The van der Waals surface area contributed by atoms with Crippen molar-refractivity contribution in [2.45, 2.75) is 39.3 Å². The molecule has 0 aliphatic heterocycles. The Morgan fingerprint density at radius 2 is 1.62 bits per heavy atom. The van der Waals surface area contributed by atoms with Crippen molar-refractivity contribution in [2.75, 3.05) is 7.11 Å². The normalized spacial score (nSPS) is 12.6. The van der Waals surface area contributed by atoms with Gasteiger partial charge in [0.2, 0.25) is 0 Å². The molecule has 2 N–H and O–H groups in total. The fourth-order valence-corrected chi connectivity index (χ4v) is 0.895. The minimum atomic E-state index is -0.854. The molecule has 0 spiro atoms. The largest absolute Gasteiger partial charge is 0.467 e. The van der Waals surface area contributed by atoms with E-state index in [1.54, 1.807) is 20.8 Å². The predicted octanol–water partition coefficient (Wildman–Crippen LogP) is -0.421. The number of amides is 2. The smallest absolute Gasteiger partial charge is 0.328 e. The van der Waals surface area contributed by atoms with Gasteiger partial charge in [0, 0.05) is 5.54 Å². The van der Waals surface area contributed by atoms with Gasteiger partial charge >= 0.3 is 17.8 Å². The van der Waals surface area contributed by atoms with Crippen molar-refractivity contribution < 1.29 is 19.1 Å². The minimum absolute atomic E-state index is 0.497. The monoisotopic (exact) mass is 230 g/mol. The number of hydrogen-bond donors (Lipinski definition) is 2. The molecule has 0 bridgehead atoms. The van der Waals surface area contributed by atoms with Crippen LogP contribution in [0.2, 0.25) is 0 Å². The van der Waals surface area contributed by atoms with Gasteiger partial charge in [-0.1, -0.05) is 0 Å². The first kappa shape index (κ1) is 14.4. The van der Waals surface area contributed by atoms with Crippen LogP contribution in [0.1, 0.15) is 27.7 Å². The minimum Gasteiger partial charge on any atom is -0.467 e. The van der Waals surface area contributed by atoms with E-state index in [1.165, 1.54) is 14.0 Å². The van der Waals surface area contributed by atoms with E-state index >= 15 is 0 Å². The number of ether oxygens (including phenoxy) is 1. The topological polar surface area (TPSA) is 84.5 Å². The highest BCUT2D eigenvalue weighted by Crippen LogP contribution is 1.97. The second-order valence-electron chi connectivity index (χ2n) is 4.42. The van der Waals surface area contributed by atoms with Gasteiger partial charge in [-0.25, -0.2) is 4.79 Å². The van der Waals surface area contributed by atoms with Crippen LogP contribution in [0.4, 0.5) is 0 Å². The highest BCUT2D eigenvalue weighted by molar-refractivity contribution is 6.35. The Morgan fingerprint density at radius 3 is 2.00 bits per heavy atom. The van der Waals surface area contributed by atoms with Crippen molar-refractivity contribution >= 4 is 17.8 Å². The Kier molecular flexibility index (Phi) is 4.94. The van der Waals surface area contributed by atoms with E-state index < -0.39 is 29.4 Å². The molecule has 6 nitrogen and oxygen atoms in total. The lowest BCUT2D eigenvalue weighted by Gasteiger charge is -2.20. The first-order chi connectivity index (χ1) is 7.17. The molecule has 0 heterocycles. The maximum Gasteiger partial charge on any atom is 0.328 e. The number of hydrogen-bond acceptors (Lipinski definition) is 4. The lowest BCUT2D eigenvalue weighted by molar-refractivity contribution is -0.146. The quantitative estimate of drug-likeness (QED) is 0.498. The third-order valence-corrected chi connectivity index (χ3v) is 1.60. The molecule has 0 saturated heterocycles. The highest BCUT2D eigenvalue weighted by atomic mass is 16.5. The molecule has 0 radical (unpaired) electrons. The summed E-state index contributed by atoms with van der Waals surface area (Å²) in [5.74, 6) is -2.23. The Hall–Kier alpha value is -1.59. The Bertz CT molecular complexity index is 294. The van der Waals surface area contributed by atoms with E-state index in [1.807, 2.05) is 0 Å². The third-order valence-electron chi connectivity index (χ3n) is 1.60. The van der Waals surface area contributed by atoms with Crippen LogP contribution in [0.25, 0.3) is 0 Å². The molecule has 0 aromatic heterocycles. The molecule has 0 aliphatic carbocycles. The average molecular weight is 230 g/mol. The number of nitrogens with one attached hydrogen (secondary N) is 2. The van der Waals surface area contributed by atoms with Crippen molar-refractivity contribution in [3.8, 4) is 0 Å². The standard InChI is InChI=1S/C10H18N2O4/c1-6(9(15)16-5)11-7(13)8(14)12-10(2,3)4/h6H,1-5H3,(H,11,13)(H,12,14)/t6-/m0/s1. The van der Waals surface area contributed by atoms with Gasteiger partial charge in [-0.2, -0.15) is 0 Å². The van der Waals surface area contributed by atoms with Crippen LogP contribution in [-0.4, -0.2) is 36.5 Å². The summed E-state index contributed by atoms with van der Waals surface area (Å²) in [4.78, 5) is 33.6. The molecule has 0 aromatic rings. The van der Waals surface area contributed by atoms with E-state index in [-0.39, 0.29) is 0 Å². The molecule has 0 saturated carbocycles. The average Bonchev–Trinajstić information content (AvgIpc) is 2.13. The predicted molar refractivity (Wildman–Crippen MR) is 57.5 cm³/mol. The van der Waals surface area contributed by atoms with Crippen molar-refractivity contribution in [1.29, 1.82) is 0 Å². The summed E-state index contributed by atoms with van der Waals surface area (Å²) < 4.78 is 4.41. The van der Waals surface area contributed by atoms with Gasteiger partial charge in [-0.05, 0) is 27.7 Å². The van der Waals surface area contributed by atoms with Crippen molar-refractivity contribution in [1.82, 2.24) is 10.6 Å². The Balaban J connectivity index is 4.27. The fourth-order valence-electron chi connectivity index (χ4n) is 0.895. The summed E-state index contributed by atoms with van der Waals surface area (Å²) in [7, 11) is 1.21. The maximum absolute atomic E-state index is 11.3. The van der Waals surface area contributed by atoms with E-state index in [9.17, 15) is 14.4 Å². The van der Waals surface area contributed by atoms with Gasteiger partial charge in [-0.3, -0.25) is 9.59 Å². The zero-order valence-electron chi connectivity index (χ0n) is 10.2. The van der Waals surface area contributed by atoms with E-state index in [4.69, 9.17) is 0 Å². The number of carbonyl (C=O) groups is 3. The molecule has 0 aromatic carbocycles. The lowest BCUT2D eigenvalue weighted by Crippen LogP contribution is -2.51. The summed E-state index contributed by atoms with van der Waals surface area (Å²) in [6, 6.07) is -0.844. The molecule has 92 valence electrons. The number of rotatable bonds is 2. The molecule has 0 fully saturated rings. The van der Waals surface area contributed by atoms with Crippen molar-refractivity contribution in [3.63, 3.8) is 0 Å². The summed E-state index contributed by atoms with van der Waals surface area (Å²) in [5.41, 5.74) is -0.497. The first-order valence-electron chi connectivity index (χ1n) is 4.88. The van der Waals surface area contributed by atoms with Crippen LogP contribution < -0.4 is 10.6 Å². The van der Waals surface area contributed by atoms with Crippen LogP contribution in [0.5, 0.6) is 0 Å². The van der Waals surface area contributed by atoms with Gasteiger partial charge in [0.25, 0.3) is 0 Å². The number of methoxy groups -OCH3 is 1. The number of esters is 1. The molecule has 16 heavy (non-hydrogen) atoms. The van der Waals surface area contributed by atoms with E-state index in [0.717, 1.165) is 0 Å². The second kappa shape index (κ2) is 5.48. The zero-order chi connectivity index (χ0) is 12.9. The molecule has 1 atom stereocenters. The van der Waals surface area contributed by atoms with Crippen LogP contribution in [0, 0.1) is 0 Å². The molecule has 6 heteroatoms. The molecule has 0 unspecified atom stereocenters. The molecule has 0 aliphatic rings. The summed E-state index contributed by atoms with van der Waals surface area (Å²) in [5, 5.41) is 4.71. The van der Waals surface area contributed by atoms with E-state index in [2.05, 4.69) is 15.4 Å². The Labute approximate surface area is 94.7 Å². The zero-order valence-corrected chi connectivity index (χ0v) is 10.2. The van der Waals surface area contributed by atoms with Crippen LogP contribution in [-0.2, 0) is 19.1 Å². The summed E-state index contributed by atoms with van der Waals surface area (Å²) in [6.45, 7) is 6.69. The molecule has 0 rings (SSSR count). The third kappa shape index (κ3) is 5.33. The van der Waals surface area contributed by atoms with Gasteiger partial charge in [0.15, 0.2) is 0 Å². The summed E-state index contributed by atoms with van der Waals surface area (Å²) in [6.07, 6.45) is 0.